The molecule has 4 nitrogen and oxygen atoms in total. The van der Waals surface area contributed by atoms with Gasteiger partial charge in [0.2, 0.25) is 0 Å². The maximum Gasteiger partial charge on any atom is 0.197 e. The molecule has 18 heavy (non-hydrogen) atoms. The van der Waals surface area contributed by atoms with Crippen LogP contribution in [0.1, 0.15) is 50.7 Å². The molecule has 0 amide bonds. The molecule has 0 atom stereocenters. The highest BCUT2D eigenvalue weighted by Crippen LogP contribution is 2.28. The Hall–Kier alpha value is -0.870. The molecule has 2 rings (SSSR count). The number of aryl methyl sites for hydroxylation is 1. The molecule has 1 fully saturated rings. The Labute approximate surface area is 110 Å². The van der Waals surface area contributed by atoms with Crippen molar-refractivity contribution in [1.82, 2.24) is 9.88 Å². The highest BCUT2D eigenvalue weighted by molar-refractivity contribution is 5.01. The number of hydrogen-bond donors (Lipinski definition) is 1. The standard InChI is InChI=1S/C14H25N3O/c1-11(2)17-8-5-12(6-9-17)14-16-10-13(18-14)4-3-7-15/h10-12H,3-9,15H2,1-2H3. The van der Waals surface area contributed by atoms with E-state index in [1.165, 1.54) is 0 Å². The van der Waals surface area contributed by atoms with Crippen molar-refractivity contribution < 1.29 is 4.42 Å². The quantitative estimate of drug-likeness (QED) is 0.871. The highest BCUT2D eigenvalue weighted by Gasteiger charge is 2.25. The molecule has 0 saturated carbocycles. The van der Waals surface area contributed by atoms with Gasteiger partial charge in [0.05, 0.1) is 6.20 Å². The zero-order valence-corrected chi connectivity index (χ0v) is 11.6. The molecular weight excluding hydrogens is 226 g/mol. The summed E-state index contributed by atoms with van der Waals surface area (Å²) in [5.41, 5.74) is 5.50. The van der Waals surface area contributed by atoms with E-state index in [2.05, 4.69) is 23.7 Å². The van der Waals surface area contributed by atoms with E-state index in [0.717, 1.165) is 50.4 Å². The minimum absolute atomic E-state index is 0.506. The lowest BCUT2D eigenvalue weighted by molar-refractivity contribution is 0.162. The predicted molar refractivity (Wildman–Crippen MR) is 72.6 cm³/mol. The Kier molecular flexibility index (Phi) is 4.78. The first-order valence-electron chi connectivity index (χ1n) is 7.09. The molecule has 102 valence electrons. The smallest absolute Gasteiger partial charge is 0.197 e. The summed E-state index contributed by atoms with van der Waals surface area (Å²) in [6, 6.07) is 0.649. The second kappa shape index (κ2) is 6.34. The van der Waals surface area contributed by atoms with Crippen LogP contribution >= 0.6 is 0 Å². The number of rotatable bonds is 5. The summed E-state index contributed by atoms with van der Waals surface area (Å²) in [5.74, 6) is 2.43. The zero-order valence-electron chi connectivity index (χ0n) is 11.6. The summed E-state index contributed by atoms with van der Waals surface area (Å²) >= 11 is 0. The van der Waals surface area contributed by atoms with Gasteiger partial charge in [-0.2, -0.15) is 0 Å². The molecule has 1 aliphatic rings. The van der Waals surface area contributed by atoms with Crippen molar-refractivity contribution in [1.29, 1.82) is 0 Å². The predicted octanol–water partition coefficient (Wildman–Crippen LogP) is 2.15. The highest BCUT2D eigenvalue weighted by atomic mass is 16.4. The number of piperidine rings is 1. The van der Waals surface area contributed by atoms with Crippen LogP contribution in [0.3, 0.4) is 0 Å². The molecule has 1 saturated heterocycles. The van der Waals surface area contributed by atoms with Gasteiger partial charge in [0.15, 0.2) is 5.89 Å². The van der Waals surface area contributed by atoms with E-state index in [4.69, 9.17) is 10.2 Å². The lowest BCUT2D eigenvalue weighted by Gasteiger charge is -2.33. The number of nitrogens with two attached hydrogens (primary N) is 1. The molecule has 0 spiro atoms. The van der Waals surface area contributed by atoms with Crippen LogP contribution in [-0.4, -0.2) is 35.6 Å². The fraction of sp³-hybridized carbons (Fsp3) is 0.786. The lowest BCUT2D eigenvalue weighted by Crippen LogP contribution is -2.37. The molecule has 0 unspecified atom stereocenters. The van der Waals surface area contributed by atoms with Gasteiger partial charge in [0.1, 0.15) is 5.76 Å². The Bertz CT molecular complexity index is 354. The monoisotopic (exact) mass is 251 g/mol. The Balaban J connectivity index is 1.87. The first kappa shape index (κ1) is 13.6. The Morgan fingerprint density at radius 1 is 1.44 bits per heavy atom. The summed E-state index contributed by atoms with van der Waals surface area (Å²) in [5, 5.41) is 0. The molecule has 0 aromatic carbocycles. The van der Waals surface area contributed by atoms with Gasteiger partial charge in [-0.3, -0.25) is 0 Å². The summed E-state index contributed by atoms with van der Waals surface area (Å²) in [6.07, 6.45) is 6.08. The van der Waals surface area contributed by atoms with Crippen LogP contribution in [0, 0.1) is 0 Å². The van der Waals surface area contributed by atoms with Gasteiger partial charge in [0, 0.05) is 18.4 Å². The Morgan fingerprint density at radius 3 is 2.78 bits per heavy atom. The van der Waals surface area contributed by atoms with E-state index >= 15 is 0 Å². The van der Waals surface area contributed by atoms with Gasteiger partial charge < -0.3 is 15.1 Å². The maximum absolute atomic E-state index is 5.84. The summed E-state index contributed by atoms with van der Waals surface area (Å²) in [6.45, 7) is 7.54. The largest absolute Gasteiger partial charge is 0.445 e. The first-order chi connectivity index (χ1) is 8.70. The fourth-order valence-corrected chi connectivity index (χ4v) is 2.57. The fourth-order valence-electron chi connectivity index (χ4n) is 2.57. The van der Waals surface area contributed by atoms with Crippen molar-refractivity contribution in [2.45, 2.75) is 51.5 Å². The molecule has 2 N–H and O–H groups in total. The second-order valence-corrected chi connectivity index (χ2v) is 5.46. The van der Waals surface area contributed by atoms with Gasteiger partial charge in [0.25, 0.3) is 0 Å². The third kappa shape index (κ3) is 3.33. The molecule has 1 aromatic rings. The second-order valence-electron chi connectivity index (χ2n) is 5.46. The van der Waals surface area contributed by atoms with Crippen LogP contribution < -0.4 is 5.73 Å². The molecular formula is C14H25N3O. The first-order valence-corrected chi connectivity index (χ1v) is 7.09. The van der Waals surface area contributed by atoms with Crippen LogP contribution in [0.5, 0.6) is 0 Å². The molecule has 1 aromatic heterocycles. The molecule has 2 heterocycles. The van der Waals surface area contributed by atoms with Crippen LogP contribution in [0.4, 0.5) is 0 Å². The van der Waals surface area contributed by atoms with E-state index in [1.807, 2.05) is 6.20 Å². The lowest BCUT2D eigenvalue weighted by atomic mass is 9.96. The van der Waals surface area contributed by atoms with Gasteiger partial charge in [-0.15, -0.1) is 0 Å². The van der Waals surface area contributed by atoms with Crippen molar-refractivity contribution in [2.75, 3.05) is 19.6 Å². The van der Waals surface area contributed by atoms with Crippen molar-refractivity contribution in [2.24, 2.45) is 5.73 Å². The van der Waals surface area contributed by atoms with E-state index < -0.39 is 0 Å². The molecule has 0 aliphatic carbocycles. The van der Waals surface area contributed by atoms with Crippen LogP contribution in [0.15, 0.2) is 10.6 Å². The van der Waals surface area contributed by atoms with Crippen LogP contribution in [0.25, 0.3) is 0 Å². The van der Waals surface area contributed by atoms with E-state index in [-0.39, 0.29) is 0 Å². The zero-order chi connectivity index (χ0) is 13.0. The number of nitrogens with zero attached hydrogens (tertiary/aromatic N) is 2. The summed E-state index contributed by atoms with van der Waals surface area (Å²) in [7, 11) is 0. The molecule has 4 heteroatoms. The van der Waals surface area contributed by atoms with Crippen molar-refractivity contribution in [3.63, 3.8) is 0 Å². The summed E-state index contributed by atoms with van der Waals surface area (Å²) in [4.78, 5) is 6.96. The van der Waals surface area contributed by atoms with E-state index in [1.54, 1.807) is 0 Å². The number of aromatic nitrogens is 1. The normalized spacial score (nSPS) is 18.7. The van der Waals surface area contributed by atoms with Crippen molar-refractivity contribution >= 4 is 0 Å². The molecule has 1 aliphatic heterocycles. The Morgan fingerprint density at radius 2 is 2.17 bits per heavy atom. The van der Waals surface area contributed by atoms with Gasteiger partial charge in [-0.05, 0) is 52.7 Å². The van der Waals surface area contributed by atoms with Crippen molar-refractivity contribution in [3.8, 4) is 0 Å². The summed E-state index contributed by atoms with van der Waals surface area (Å²) < 4.78 is 5.84. The van der Waals surface area contributed by atoms with Gasteiger partial charge in [-0.1, -0.05) is 0 Å². The number of hydrogen-bond acceptors (Lipinski definition) is 4. The average molecular weight is 251 g/mol. The molecule has 0 radical (unpaired) electrons. The maximum atomic E-state index is 5.84. The van der Waals surface area contributed by atoms with E-state index in [9.17, 15) is 0 Å². The van der Waals surface area contributed by atoms with Crippen LogP contribution in [0.2, 0.25) is 0 Å². The van der Waals surface area contributed by atoms with Gasteiger partial charge >= 0.3 is 0 Å². The van der Waals surface area contributed by atoms with E-state index in [0.29, 0.717) is 18.5 Å². The van der Waals surface area contributed by atoms with Crippen molar-refractivity contribution in [3.05, 3.63) is 17.8 Å². The van der Waals surface area contributed by atoms with Gasteiger partial charge in [-0.25, -0.2) is 4.98 Å². The third-order valence-corrected chi connectivity index (χ3v) is 3.81. The SMILES string of the molecule is CC(C)N1CCC(c2ncc(CCCN)o2)CC1. The van der Waals surface area contributed by atoms with Crippen LogP contribution in [-0.2, 0) is 6.42 Å². The minimum atomic E-state index is 0.506. The topological polar surface area (TPSA) is 55.3 Å². The number of likely N-dealkylation sites (tertiary alicyclic amines) is 1. The molecule has 0 bridgehead atoms. The number of oxazole rings is 1. The third-order valence-electron chi connectivity index (χ3n) is 3.81. The minimum Gasteiger partial charge on any atom is -0.445 e. The average Bonchev–Trinajstić information content (AvgIpc) is 2.85.